The molecule has 2 aliphatic carbocycles. The molecule has 3 heteroatoms. The van der Waals surface area contributed by atoms with Gasteiger partial charge in [-0.15, -0.1) is 0 Å². The predicted molar refractivity (Wildman–Crippen MR) is 98.3 cm³/mol. The highest BCUT2D eigenvalue weighted by Gasteiger charge is 2.21. The van der Waals surface area contributed by atoms with Crippen LogP contribution in [0.3, 0.4) is 0 Å². The SMILES string of the molecule is O=C(Nc1ccc(OCCC2CCCCC2)cc1)C1CCCCC1. The molecule has 0 saturated heterocycles. The first-order chi connectivity index (χ1) is 11.8. The number of hydrogen-bond acceptors (Lipinski definition) is 2. The molecule has 1 aromatic carbocycles. The van der Waals surface area contributed by atoms with Gasteiger partial charge < -0.3 is 10.1 Å². The minimum Gasteiger partial charge on any atom is -0.494 e. The van der Waals surface area contributed by atoms with Crippen molar-refractivity contribution < 1.29 is 9.53 Å². The van der Waals surface area contributed by atoms with Crippen molar-refractivity contribution in [3.05, 3.63) is 24.3 Å². The fraction of sp³-hybridized carbons (Fsp3) is 0.667. The van der Waals surface area contributed by atoms with E-state index in [4.69, 9.17) is 4.74 Å². The second kappa shape index (κ2) is 9.10. The molecule has 1 aromatic rings. The van der Waals surface area contributed by atoms with Crippen LogP contribution < -0.4 is 10.1 Å². The van der Waals surface area contributed by atoms with Crippen LogP contribution in [0.5, 0.6) is 5.75 Å². The molecule has 1 amide bonds. The van der Waals surface area contributed by atoms with E-state index in [1.165, 1.54) is 57.8 Å². The average Bonchev–Trinajstić information content (AvgIpc) is 2.65. The zero-order valence-corrected chi connectivity index (χ0v) is 14.8. The molecule has 2 aliphatic rings. The van der Waals surface area contributed by atoms with E-state index in [1.807, 2.05) is 24.3 Å². The van der Waals surface area contributed by atoms with Crippen LogP contribution in [0, 0.1) is 11.8 Å². The summed E-state index contributed by atoms with van der Waals surface area (Å²) < 4.78 is 5.87. The zero-order valence-electron chi connectivity index (χ0n) is 14.8. The van der Waals surface area contributed by atoms with Crippen LogP contribution in [0.2, 0.25) is 0 Å². The van der Waals surface area contributed by atoms with Crippen LogP contribution in [-0.2, 0) is 4.79 Å². The number of carbonyl (C=O) groups is 1. The molecule has 0 heterocycles. The Hall–Kier alpha value is -1.51. The Morgan fingerprint density at radius 3 is 2.21 bits per heavy atom. The van der Waals surface area contributed by atoms with Gasteiger partial charge in [0.25, 0.3) is 0 Å². The van der Waals surface area contributed by atoms with Gasteiger partial charge in [-0.3, -0.25) is 4.79 Å². The number of hydrogen-bond donors (Lipinski definition) is 1. The van der Waals surface area contributed by atoms with E-state index in [0.717, 1.165) is 36.8 Å². The molecule has 24 heavy (non-hydrogen) atoms. The number of anilines is 1. The highest BCUT2D eigenvalue weighted by atomic mass is 16.5. The van der Waals surface area contributed by atoms with E-state index in [0.29, 0.717) is 0 Å². The third-order valence-electron chi connectivity index (χ3n) is 5.62. The van der Waals surface area contributed by atoms with Crippen molar-refractivity contribution >= 4 is 11.6 Å². The van der Waals surface area contributed by atoms with Crippen molar-refractivity contribution in [2.24, 2.45) is 11.8 Å². The molecule has 0 spiro atoms. The molecule has 0 bridgehead atoms. The third-order valence-corrected chi connectivity index (χ3v) is 5.62. The van der Waals surface area contributed by atoms with Crippen LogP contribution >= 0.6 is 0 Å². The maximum absolute atomic E-state index is 12.3. The van der Waals surface area contributed by atoms with E-state index >= 15 is 0 Å². The monoisotopic (exact) mass is 329 g/mol. The number of benzene rings is 1. The fourth-order valence-corrected chi connectivity index (χ4v) is 4.06. The summed E-state index contributed by atoms with van der Waals surface area (Å²) in [5.74, 6) is 2.14. The molecule has 3 rings (SSSR count). The van der Waals surface area contributed by atoms with Crippen LogP contribution in [-0.4, -0.2) is 12.5 Å². The van der Waals surface area contributed by atoms with Gasteiger partial charge in [0, 0.05) is 11.6 Å². The van der Waals surface area contributed by atoms with Crippen molar-refractivity contribution in [1.82, 2.24) is 0 Å². The highest BCUT2D eigenvalue weighted by Crippen LogP contribution is 2.27. The van der Waals surface area contributed by atoms with Gasteiger partial charge in [0.2, 0.25) is 5.91 Å². The predicted octanol–water partition coefficient (Wildman–Crippen LogP) is 5.55. The number of ether oxygens (including phenoxy) is 1. The standard InChI is InChI=1S/C21H31NO2/c23-21(18-9-5-2-6-10-18)22-19-11-13-20(14-12-19)24-16-15-17-7-3-1-4-8-17/h11-14,17-18H,1-10,15-16H2,(H,22,23). The van der Waals surface area contributed by atoms with Gasteiger partial charge in [-0.2, -0.15) is 0 Å². The largest absolute Gasteiger partial charge is 0.494 e. The molecule has 0 radical (unpaired) electrons. The minimum atomic E-state index is 0.181. The first-order valence-corrected chi connectivity index (χ1v) is 9.85. The van der Waals surface area contributed by atoms with Gasteiger partial charge in [-0.1, -0.05) is 51.4 Å². The second-order valence-electron chi connectivity index (χ2n) is 7.49. The smallest absolute Gasteiger partial charge is 0.227 e. The quantitative estimate of drug-likeness (QED) is 0.742. The van der Waals surface area contributed by atoms with Gasteiger partial charge in [-0.05, 0) is 49.4 Å². The van der Waals surface area contributed by atoms with E-state index in [-0.39, 0.29) is 11.8 Å². The Balaban J connectivity index is 1.40. The molecule has 132 valence electrons. The number of rotatable bonds is 6. The summed E-state index contributed by atoms with van der Waals surface area (Å²) >= 11 is 0. The first kappa shape index (κ1) is 17.3. The maximum atomic E-state index is 12.3. The van der Waals surface area contributed by atoms with E-state index < -0.39 is 0 Å². The summed E-state index contributed by atoms with van der Waals surface area (Å²) in [6.07, 6.45) is 13.8. The summed E-state index contributed by atoms with van der Waals surface area (Å²) in [6.45, 7) is 0.804. The van der Waals surface area contributed by atoms with Crippen LogP contribution in [0.4, 0.5) is 5.69 Å². The minimum absolute atomic E-state index is 0.181. The van der Waals surface area contributed by atoms with Gasteiger partial charge in [0.05, 0.1) is 6.61 Å². The van der Waals surface area contributed by atoms with Crippen LogP contribution in [0.15, 0.2) is 24.3 Å². The molecule has 1 N–H and O–H groups in total. The first-order valence-electron chi connectivity index (χ1n) is 9.85. The Bertz CT molecular complexity index is 499. The molecule has 0 unspecified atom stereocenters. The molecule has 2 fully saturated rings. The van der Waals surface area contributed by atoms with Gasteiger partial charge in [0.15, 0.2) is 0 Å². The molecule has 0 aromatic heterocycles. The Labute approximate surface area is 146 Å². The van der Waals surface area contributed by atoms with Crippen molar-refractivity contribution in [2.45, 2.75) is 70.6 Å². The molecule has 2 saturated carbocycles. The summed E-state index contributed by atoms with van der Waals surface area (Å²) in [6, 6.07) is 7.85. The second-order valence-corrected chi connectivity index (χ2v) is 7.49. The summed E-state index contributed by atoms with van der Waals surface area (Å²) in [7, 11) is 0. The van der Waals surface area contributed by atoms with Crippen LogP contribution in [0.25, 0.3) is 0 Å². The fourth-order valence-electron chi connectivity index (χ4n) is 4.06. The summed E-state index contributed by atoms with van der Waals surface area (Å²) in [4.78, 5) is 12.3. The average molecular weight is 329 g/mol. The lowest BCUT2D eigenvalue weighted by atomic mass is 9.87. The molecule has 0 aliphatic heterocycles. The van der Waals surface area contributed by atoms with E-state index in [2.05, 4.69) is 5.32 Å². The zero-order chi connectivity index (χ0) is 16.6. The van der Waals surface area contributed by atoms with Crippen LogP contribution in [0.1, 0.15) is 70.6 Å². The summed E-state index contributed by atoms with van der Waals surface area (Å²) in [5, 5.41) is 3.05. The molecular weight excluding hydrogens is 298 g/mol. The maximum Gasteiger partial charge on any atom is 0.227 e. The normalized spacial score (nSPS) is 19.8. The molecule has 0 atom stereocenters. The molecular formula is C21H31NO2. The van der Waals surface area contributed by atoms with Crippen molar-refractivity contribution in [3.8, 4) is 5.75 Å². The Kier molecular flexibility index (Phi) is 6.57. The lowest BCUT2D eigenvalue weighted by Crippen LogP contribution is -2.24. The van der Waals surface area contributed by atoms with Gasteiger partial charge in [-0.25, -0.2) is 0 Å². The summed E-state index contributed by atoms with van der Waals surface area (Å²) in [5.41, 5.74) is 0.880. The Morgan fingerprint density at radius 2 is 1.54 bits per heavy atom. The lowest BCUT2D eigenvalue weighted by molar-refractivity contribution is -0.120. The number of nitrogens with one attached hydrogen (secondary N) is 1. The highest BCUT2D eigenvalue weighted by molar-refractivity contribution is 5.92. The topological polar surface area (TPSA) is 38.3 Å². The van der Waals surface area contributed by atoms with Gasteiger partial charge in [0.1, 0.15) is 5.75 Å². The van der Waals surface area contributed by atoms with E-state index in [1.54, 1.807) is 0 Å². The van der Waals surface area contributed by atoms with Crippen molar-refractivity contribution in [2.75, 3.05) is 11.9 Å². The third kappa shape index (κ3) is 5.25. The number of amides is 1. The number of carbonyl (C=O) groups excluding carboxylic acids is 1. The van der Waals surface area contributed by atoms with Crippen molar-refractivity contribution in [3.63, 3.8) is 0 Å². The lowest BCUT2D eigenvalue weighted by Gasteiger charge is -2.21. The Morgan fingerprint density at radius 1 is 0.917 bits per heavy atom. The van der Waals surface area contributed by atoms with Gasteiger partial charge >= 0.3 is 0 Å². The van der Waals surface area contributed by atoms with E-state index in [9.17, 15) is 4.79 Å². The van der Waals surface area contributed by atoms with Crippen molar-refractivity contribution in [1.29, 1.82) is 0 Å². The molecule has 3 nitrogen and oxygen atoms in total.